The van der Waals surface area contributed by atoms with E-state index in [1.165, 1.54) is 25.3 Å². The lowest BCUT2D eigenvalue weighted by Gasteiger charge is -2.33. The van der Waals surface area contributed by atoms with Gasteiger partial charge in [-0.1, -0.05) is 12.1 Å². The Morgan fingerprint density at radius 3 is 2.57 bits per heavy atom. The highest BCUT2D eigenvalue weighted by atomic mass is 35.5. The van der Waals surface area contributed by atoms with Gasteiger partial charge in [-0.15, -0.1) is 12.4 Å². The van der Waals surface area contributed by atoms with Crippen molar-refractivity contribution in [1.29, 1.82) is 0 Å². The van der Waals surface area contributed by atoms with Gasteiger partial charge >= 0.3 is 0 Å². The van der Waals surface area contributed by atoms with E-state index in [2.05, 4.69) is 10.0 Å². The zero-order valence-electron chi connectivity index (χ0n) is 13.2. The Morgan fingerprint density at radius 1 is 1.35 bits per heavy atom. The van der Waals surface area contributed by atoms with E-state index in [1.54, 1.807) is 18.2 Å². The molecule has 6 nitrogen and oxygen atoms in total. The lowest BCUT2D eigenvalue weighted by Crippen LogP contribution is -2.51. The number of amides is 1. The molecule has 0 spiro atoms. The fraction of sp³-hybridized carbons (Fsp3) is 0.400. The molecule has 1 aromatic rings. The normalized spacial score (nSPS) is 18.7. The van der Waals surface area contributed by atoms with Crippen LogP contribution in [0.15, 0.2) is 35.2 Å². The molecule has 1 heterocycles. The fourth-order valence-corrected chi connectivity index (χ4v) is 3.04. The van der Waals surface area contributed by atoms with Gasteiger partial charge < -0.3 is 10.2 Å². The Bertz CT molecular complexity index is 659. The Kier molecular flexibility index (Phi) is 7.21. The molecule has 2 N–H and O–H groups in total. The predicted molar refractivity (Wildman–Crippen MR) is 93.0 cm³/mol. The summed E-state index contributed by atoms with van der Waals surface area (Å²) >= 11 is 0. The Balaban J connectivity index is 0.00000264. The van der Waals surface area contributed by atoms with Crippen LogP contribution in [0.25, 0.3) is 6.08 Å². The van der Waals surface area contributed by atoms with Crippen LogP contribution in [0.5, 0.6) is 0 Å². The molecule has 0 bridgehead atoms. The molecule has 1 aliphatic heterocycles. The predicted octanol–water partition coefficient (Wildman–Crippen LogP) is 0.850. The second-order valence-electron chi connectivity index (χ2n) is 5.19. The molecule has 1 aromatic carbocycles. The van der Waals surface area contributed by atoms with Gasteiger partial charge in [-0.25, -0.2) is 13.1 Å². The van der Waals surface area contributed by atoms with Gasteiger partial charge in [0.2, 0.25) is 15.9 Å². The maximum absolute atomic E-state index is 12.2. The smallest absolute Gasteiger partial charge is 0.246 e. The second-order valence-corrected chi connectivity index (χ2v) is 7.08. The number of rotatable bonds is 4. The highest BCUT2D eigenvalue weighted by molar-refractivity contribution is 7.89. The van der Waals surface area contributed by atoms with Crippen molar-refractivity contribution < 1.29 is 13.2 Å². The average molecular weight is 360 g/mol. The monoisotopic (exact) mass is 359 g/mol. The van der Waals surface area contributed by atoms with E-state index < -0.39 is 10.0 Å². The van der Waals surface area contributed by atoms with Gasteiger partial charge in [-0.2, -0.15) is 0 Å². The molecule has 0 radical (unpaired) electrons. The number of nitrogens with one attached hydrogen (secondary N) is 2. The summed E-state index contributed by atoms with van der Waals surface area (Å²) < 4.78 is 25.5. The zero-order chi connectivity index (χ0) is 16.2. The lowest BCUT2D eigenvalue weighted by molar-refractivity contribution is -0.128. The number of hydrogen-bond acceptors (Lipinski definition) is 4. The summed E-state index contributed by atoms with van der Waals surface area (Å²) in [5.74, 6) is -0.0269. The minimum Gasteiger partial charge on any atom is -0.334 e. The number of halogens is 1. The molecular formula is C15H22ClN3O3S. The first-order valence-corrected chi connectivity index (χ1v) is 8.65. The molecule has 2 rings (SSSR count). The molecule has 8 heteroatoms. The third-order valence-corrected chi connectivity index (χ3v) is 5.09. The molecule has 128 valence electrons. The van der Waals surface area contributed by atoms with Crippen molar-refractivity contribution in [2.75, 3.05) is 26.7 Å². The van der Waals surface area contributed by atoms with Crippen LogP contribution in [0.1, 0.15) is 12.5 Å². The van der Waals surface area contributed by atoms with Gasteiger partial charge in [0.05, 0.1) is 4.90 Å². The Labute approximate surface area is 143 Å². The van der Waals surface area contributed by atoms with Gasteiger partial charge in [-0.3, -0.25) is 4.79 Å². The number of piperazine rings is 1. The first kappa shape index (κ1) is 19.6. The van der Waals surface area contributed by atoms with Gasteiger partial charge in [0.25, 0.3) is 0 Å². The minimum absolute atomic E-state index is 0. The maximum Gasteiger partial charge on any atom is 0.246 e. The largest absolute Gasteiger partial charge is 0.334 e. The summed E-state index contributed by atoms with van der Waals surface area (Å²) in [5.41, 5.74) is 0.784. The number of sulfonamides is 1. The molecule has 23 heavy (non-hydrogen) atoms. The quantitative estimate of drug-likeness (QED) is 0.781. The summed E-state index contributed by atoms with van der Waals surface area (Å²) in [5, 5.41) is 3.24. The molecule has 1 aliphatic rings. The van der Waals surface area contributed by atoms with Crippen LogP contribution >= 0.6 is 12.4 Å². The molecule has 1 saturated heterocycles. The second kappa shape index (κ2) is 8.44. The van der Waals surface area contributed by atoms with E-state index in [9.17, 15) is 13.2 Å². The third kappa shape index (κ3) is 5.04. The molecule has 1 unspecified atom stereocenters. The standard InChI is InChI=1S/C15H21N3O3S.ClH/c1-12-11-17-9-10-18(12)15(19)8-5-13-3-6-14(7-4-13)22(20,21)16-2;/h3-8,12,16-17H,9-11H2,1-2H3;1H. The molecule has 0 saturated carbocycles. The summed E-state index contributed by atoms with van der Waals surface area (Å²) in [7, 11) is -2.06. The van der Waals surface area contributed by atoms with Gasteiger partial charge in [0.1, 0.15) is 0 Å². The fourth-order valence-electron chi connectivity index (χ4n) is 2.31. The highest BCUT2D eigenvalue weighted by Gasteiger charge is 2.20. The van der Waals surface area contributed by atoms with Crippen LogP contribution in [0.3, 0.4) is 0 Å². The van der Waals surface area contributed by atoms with Gasteiger partial charge in [0.15, 0.2) is 0 Å². The Hall–Kier alpha value is -1.41. The van der Waals surface area contributed by atoms with E-state index >= 15 is 0 Å². The molecule has 1 atom stereocenters. The number of carbonyl (C=O) groups excluding carboxylic acids is 1. The maximum atomic E-state index is 12.2. The van der Waals surface area contributed by atoms with Crippen molar-refractivity contribution in [2.24, 2.45) is 0 Å². The van der Waals surface area contributed by atoms with Crippen LogP contribution < -0.4 is 10.0 Å². The van der Waals surface area contributed by atoms with Crippen molar-refractivity contribution in [3.8, 4) is 0 Å². The number of hydrogen-bond donors (Lipinski definition) is 2. The van der Waals surface area contributed by atoms with E-state index in [-0.39, 0.29) is 29.3 Å². The molecule has 0 aliphatic carbocycles. The van der Waals surface area contributed by atoms with Crippen molar-refractivity contribution in [2.45, 2.75) is 17.9 Å². The van der Waals surface area contributed by atoms with Crippen molar-refractivity contribution in [1.82, 2.24) is 14.9 Å². The zero-order valence-corrected chi connectivity index (χ0v) is 14.8. The minimum atomic E-state index is -3.43. The summed E-state index contributed by atoms with van der Waals surface area (Å²) in [6.45, 7) is 4.32. The highest BCUT2D eigenvalue weighted by Crippen LogP contribution is 2.12. The number of benzene rings is 1. The van der Waals surface area contributed by atoms with E-state index in [0.717, 1.165) is 18.7 Å². The topological polar surface area (TPSA) is 78.5 Å². The number of carbonyl (C=O) groups is 1. The summed E-state index contributed by atoms with van der Waals surface area (Å²) in [6, 6.07) is 6.56. The molecular weight excluding hydrogens is 338 g/mol. The van der Waals surface area contributed by atoms with Crippen LogP contribution in [-0.4, -0.2) is 51.9 Å². The third-order valence-electron chi connectivity index (χ3n) is 3.66. The van der Waals surface area contributed by atoms with Gasteiger partial charge in [-0.05, 0) is 37.7 Å². The summed E-state index contributed by atoms with van der Waals surface area (Å²) in [6.07, 6.45) is 3.23. The van der Waals surface area contributed by atoms with Crippen LogP contribution in [0, 0.1) is 0 Å². The van der Waals surface area contributed by atoms with Gasteiger partial charge in [0, 0.05) is 31.8 Å². The average Bonchev–Trinajstić information content (AvgIpc) is 2.53. The molecule has 1 fully saturated rings. The van der Waals surface area contributed by atoms with Crippen molar-refractivity contribution in [3.63, 3.8) is 0 Å². The molecule has 0 aromatic heterocycles. The van der Waals surface area contributed by atoms with E-state index in [4.69, 9.17) is 0 Å². The Morgan fingerprint density at radius 2 is 2.00 bits per heavy atom. The number of nitrogens with zero attached hydrogens (tertiary/aromatic N) is 1. The van der Waals surface area contributed by atoms with Crippen molar-refractivity contribution in [3.05, 3.63) is 35.9 Å². The van der Waals surface area contributed by atoms with E-state index in [0.29, 0.717) is 6.54 Å². The first-order chi connectivity index (χ1) is 10.4. The van der Waals surface area contributed by atoms with Crippen LogP contribution in [0.4, 0.5) is 0 Å². The first-order valence-electron chi connectivity index (χ1n) is 7.17. The van der Waals surface area contributed by atoms with Crippen LogP contribution in [-0.2, 0) is 14.8 Å². The van der Waals surface area contributed by atoms with Crippen LogP contribution in [0.2, 0.25) is 0 Å². The van der Waals surface area contributed by atoms with E-state index in [1.807, 2.05) is 11.8 Å². The lowest BCUT2D eigenvalue weighted by atomic mass is 10.2. The SMILES string of the molecule is CNS(=O)(=O)c1ccc(C=CC(=O)N2CCNCC2C)cc1.Cl. The summed E-state index contributed by atoms with van der Waals surface area (Å²) in [4.78, 5) is 14.2. The molecule has 1 amide bonds. The van der Waals surface area contributed by atoms with Crippen molar-refractivity contribution >= 4 is 34.4 Å².